The van der Waals surface area contributed by atoms with Crippen molar-refractivity contribution in [3.8, 4) is 0 Å². The van der Waals surface area contributed by atoms with E-state index in [9.17, 15) is 0 Å². The highest BCUT2D eigenvalue weighted by molar-refractivity contribution is 5.01. The highest BCUT2D eigenvalue weighted by Crippen LogP contribution is 2.41. The first-order chi connectivity index (χ1) is 9.31. The molecule has 8 heteroatoms. The predicted octanol–water partition coefficient (Wildman–Crippen LogP) is 1.69. The van der Waals surface area contributed by atoms with Crippen molar-refractivity contribution in [1.29, 1.82) is 0 Å². The summed E-state index contributed by atoms with van der Waals surface area (Å²) in [7, 11) is 0. The van der Waals surface area contributed by atoms with E-state index in [2.05, 4.69) is 10.0 Å². The van der Waals surface area contributed by atoms with Crippen molar-refractivity contribution in [2.24, 2.45) is 5.11 Å². The molecule has 3 rings (SSSR count). The average Bonchev–Trinajstić information content (AvgIpc) is 2.91. The van der Waals surface area contributed by atoms with E-state index >= 15 is 0 Å². The molecule has 0 amide bonds. The molecule has 5 atom stereocenters. The van der Waals surface area contributed by atoms with Crippen molar-refractivity contribution in [1.82, 2.24) is 0 Å². The second kappa shape index (κ2) is 4.56. The van der Waals surface area contributed by atoms with Crippen molar-refractivity contribution >= 4 is 0 Å². The summed E-state index contributed by atoms with van der Waals surface area (Å²) in [4.78, 5) is 2.90. The van der Waals surface area contributed by atoms with Gasteiger partial charge in [-0.15, -0.1) is 0 Å². The smallest absolute Gasteiger partial charge is 0.188 e. The van der Waals surface area contributed by atoms with E-state index in [-0.39, 0.29) is 6.10 Å². The van der Waals surface area contributed by atoms with Gasteiger partial charge in [-0.2, -0.15) is 0 Å². The molecule has 0 unspecified atom stereocenters. The first kappa shape index (κ1) is 14.1. The molecule has 0 radical (unpaired) electrons. The normalized spacial score (nSPS) is 45.1. The Morgan fingerprint density at radius 1 is 1.05 bits per heavy atom. The number of azide groups is 1. The summed E-state index contributed by atoms with van der Waals surface area (Å²) in [6.45, 7) is 7.66. The zero-order chi connectivity index (χ0) is 14.5. The number of hydrogen-bond acceptors (Lipinski definition) is 6. The van der Waals surface area contributed by atoms with Gasteiger partial charge in [0.1, 0.15) is 18.3 Å². The van der Waals surface area contributed by atoms with Crippen LogP contribution in [-0.2, 0) is 23.7 Å². The Balaban J connectivity index is 1.78. The fourth-order valence-electron chi connectivity index (χ4n) is 2.89. The van der Waals surface area contributed by atoms with Gasteiger partial charge < -0.3 is 23.7 Å². The third-order valence-corrected chi connectivity index (χ3v) is 3.63. The van der Waals surface area contributed by atoms with Crippen LogP contribution in [0.1, 0.15) is 27.7 Å². The summed E-state index contributed by atoms with van der Waals surface area (Å²) < 4.78 is 28.6. The summed E-state index contributed by atoms with van der Waals surface area (Å²) in [5.41, 5.74) is 8.77. The number of hydrogen-bond donors (Lipinski definition) is 0. The van der Waals surface area contributed by atoms with Crippen LogP contribution in [0.3, 0.4) is 0 Å². The monoisotopic (exact) mass is 285 g/mol. The lowest BCUT2D eigenvalue weighted by atomic mass is 10.0. The maximum absolute atomic E-state index is 8.77. The third kappa shape index (κ3) is 2.39. The fourth-order valence-corrected chi connectivity index (χ4v) is 2.89. The van der Waals surface area contributed by atoms with Gasteiger partial charge >= 0.3 is 0 Å². The second-order valence-electron chi connectivity index (χ2n) is 6.13. The number of rotatable bonds is 2. The van der Waals surface area contributed by atoms with Gasteiger partial charge in [-0.25, -0.2) is 0 Å². The van der Waals surface area contributed by atoms with Gasteiger partial charge in [0.15, 0.2) is 17.9 Å². The summed E-state index contributed by atoms with van der Waals surface area (Å²) >= 11 is 0. The predicted molar refractivity (Wildman–Crippen MR) is 66.5 cm³/mol. The molecule has 0 aliphatic carbocycles. The summed E-state index contributed by atoms with van der Waals surface area (Å²) in [6.07, 6.45) is -1.70. The van der Waals surface area contributed by atoms with Crippen LogP contribution in [0.15, 0.2) is 5.11 Å². The minimum absolute atomic E-state index is 0.304. The highest BCUT2D eigenvalue weighted by atomic mass is 16.8. The molecule has 3 aliphatic heterocycles. The lowest BCUT2D eigenvalue weighted by molar-refractivity contribution is -0.222. The minimum Gasteiger partial charge on any atom is -0.348 e. The average molecular weight is 285 g/mol. The Bertz CT molecular complexity index is 448. The van der Waals surface area contributed by atoms with Crippen LogP contribution in [0.25, 0.3) is 10.4 Å². The van der Waals surface area contributed by atoms with Crippen molar-refractivity contribution < 1.29 is 23.7 Å². The lowest BCUT2D eigenvalue weighted by Crippen LogP contribution is -2.41. The molecule has 3 aliphatic rings. The molecule has 3 saturated heterocycles. The summed E-state index contributed by atoms with van der Waals surface area (Å²) in [5, 5.41) is 3.82. The van der Waals surface area contributed by atoms with E-state index in [1.165, 1.54) is 0 Å². The van der Waals surface area contributed by atoms with Gasteiger partial charge in [-0.05, 0) is 33.2 Å². The molecule has 0 aromatic heterocycles. The Labute approximate surface area is 116 Å². The van der Waals surface area contributed by atoms with E-state index in [0.717, 1.165) is 0 Å². The summed E-state index contributed by atoms with van der Waals surface area (Å²) in [5.74, 6) is -1.40. The van der Waals surface area contributed by atoms with E-state index in [0.29, 0.717) is 6.61 Å². The first-order valence-electron chi connectivity index (χ1n) is 6.68. The summed E-state index contributed by atoms with van der Waals surface area (Å²) in [6, 6.07) is -0.491. The van der Waals surface area contributed by atoms with E-state index in [4.69, 9.17) is 29.2 Å². The molecule has 0 bridgehead atoms. The molecular weight excluding hydrogens is 266 g/mol. The first-order valence-corrected chi connectivity index (χ1v) is 6.68. The zero-order valence-electron chi connectivity index (χ0n) is 12.0. The number of nitrogens with zero attached hydrogens (tertiary/aromatic N) is 3. The maximum Gasteiger partial charge on any atom is 0.188 e. The Morgan fingerprint density at radius 2 is 1.80 bits per heavy atom. The van der Waals surface area contributed by atoms with Crippen molar-refractivity contribution in [3.63, 3.8) is 0 Å². The topological polar surface area (TPSA) is 94.9 Å². The fraction of sp³-hybridized carbons (Fsp3) is 1.00. The molecule has 20 heavy (non-hydrogen) atoms. The highest BCUT2D eigenvalue weighted by Gasteiger charge is 2.57. The van der Waals surface area contributed by atoms with Crippen LogP contribution < -0.4 is 0 Å². The zero-order valence-corrected chi connectivity index (χ0v) is 12.0. The molecule has 0 N–H and O–H groups in total. The molecule has 112 valence electrons. The van der Waals surface area contributed by atoms with Crippen molar-refractivity contribution in [2.75, 3.05) is 6.61 Å². The van der Waals surface area contributed by atoms with E-state index in [1.807, 2.05) is 13.8 Å². The second-order valence-corrected chi connectivity index (χ2v) is 6.13. The van der Waals surface area contributed by atoms with Crippen LogP contribution in [0.5, 0.6) is 0 Å². The van der Waals surface area contributed by atoms with Crippen molar-refractivity contribution in [2.45, 2.75) is 69.9 Å². The largest absolute Gasteiger partial charge is 0.348 e. The molecule has 3 fully saturated rings. The van der Waals surface area contributed by atoms with Crippen LogP contribution in [0.2, 0.25) is 0 Å². The molecule has 0 spiro atoms. The lowest BCUT2D eigenvalue weighted by Gasteiger charge is -2.26. The molecule has 0 saturated carbocycles. The molecular formula is C12H19N3O5. The maximum atomic E-state index is 8.77. The van der Waals surface area contributed by atoms with Gasteiger partial charge in [0.2, 0.25) is 0 Å². The molecule has 3 heterocycles. The van der Waals surface area contributed by atoms with Gasteiger partial charge in [-0.3, -0.25) is 0 Å². The van der Waals surface area contributed by atoms with Crippen LogP contribution >= 0.6 is 0 Å². The van der Waals surface area contributed by atoms with Gasteiger partial charge in [0.05, 0.1) is 12.6 Å². The van der Waals surface area contributed by atoms with E-state index in [1.54, 1.807) is 13.8 Å². The number of ether oxygens (including phenoxy) is 5. The SMILES string of the molecule is CC1(C)O[C@H]2O[C@@H]([C@H]3COC(C)(C)O3)[C@H](N=[N+]=[N-])[C@H]2O1. The third-order valence-electron chi connectivity index (χ3n) is 3.63. The quantitative estimate of drug-likeness (QED) is 0.437. The minimum atomic E-state index is -0.740. The molecule has 0 aromatic rings. The molecule has 0 aromatic carbocycles. The standard InChI is InChI=1S/C12H19N3O5/c1-11(2)16-5-6(18-11)8-7(14-15-13)9-10(17-8)20-12(3,4)19-9/h6-10H,5H2,1-4H3/t6-,7+,8+,9-,10-/m1/s1. The van der Waals surface area contributed by atoms with E-state index < -0.39 is 36.1 Å². The number of fused-ring (bicyclic) bond motifs is 1. The van der Waals surface area contributed by atoms with Gasteiger partial charge in [0.25, 0.3) is 0 Å². The Kier molecular flexibility index (Phi) is 3.20. The van der Waals surface area contributed by atoms with Gasteiger partial charge in [0, 0.05) is 4.91 Å². The Hall–Kier alpha value is -0.890. The van der Waals surface area contributed by atoms with Crippen molar-refractivity contribution in [3.05, 3.63) is 10.4 Å². The van der Waals surface area contributed by atoms with Crippen LogP contribution in [0, 0.1) is 0 Å². The Morgan fingerprint density at radius 3 is 2.40 bits per heavy atom. The van der Waals surface area contributed by atoms with Gasteiger partial charge in [-0.1, -0.05) is 5.11 Å². The van der Waals surface area contributed by atoms with Crippen LogP contribution in [0.4, 0.5) is 0 Å². The molecule has 8 nitrogen and oxygen atoms in total. The van der Waals surface area contributed by atoms with Crippen LogP contribution in [-0.4, -0.2) is 48.8 Å².